The molecule has 0 aromatic heterocycles. The van der Waals surface area contributed by atoms with Crippen LogP contribution < -0.4 is 9.47 Å². The summed E-state index contributed by atoms with van der Waals surface area (Å²) >= 11 is 22.9. The molecular formula is C42H40Cl4O6. The summed E-state index contributed by atoms with van der Waals surface area (Å²) in [7, 11) is 0. The summed E-state index contributed by atoms with van der Waals surface area (Å²) in [5.41, 5.74) is 1.36. The number of halogens is 4. The third-order valence-corrected chi connectivity index (χ3v) is 9.96. The molecule has 6 rings (SSSR count). The van der Waals surface area contributed by atoms with Gasteiger partial charge in [0.05, 0.1) is 11.8 Å². The van der Waals surface area contributed by atoms with E-state index in [2.05, 4.69) is 0 Å². The molecule has 0 spiro atoms. The van der Waals surface area contributed by atoms with Gasteiger partial charge in [-0.15, -0.1) is 0 Å². The predicted octanol–water partition coefficient (Wildman–Crippen LogP) is 12.2. The molecule has 2 fully saturated rings. The minimum atomic E-state index is -0.236. The first-order valence-corrected chi connectivity index (χ1v) is 18.3. The van der Waals surface area contributed by atoms with E-state index in [-0.39, 0.29) is 68.6 Å². The van der Waals surface area contributed by atoms with E-state index in [0.29, 0.717) is 11.5 Å². The highest BCUT2D eigenvalue weighted by molar-refractivity contribution is 6.56. The van der Waals surface area contributed by atoms with Gasteiger partial charge in [0.1, 0.15) is 45.2 Å². The van der Waals surface area contributed by atoms with E-state index in [0.717, 1.165) is 22.6 Å². The molecule has 272 valence electrons. The van der Waals surface area contributed by atoms with E-state index < -0.39 is 0 Å². The van der Waals surface area contributed by atoms with Gasteiger partial charge in [-0.3, -0.25) is 9.59 Å². The van der Waals surface area contributed by atoms with Gasteiger partial charge in [0.25, 0.3) is 0 Å². The van der Waals surface area contributed by atoms with Gasteiger partial charge in [-0.05, 0) is 94.5 Å². The Bertz CT molecular complexity index is 1760. The van der Waals surface area contributed by atoms with Crippen LogP contribution in [0.25, 0.3) is 0 Å². The lowest BCUT2D eigenvalue weighted by Gasteiger charge is -2.09. The van der Waals surface area contributed by atoms with E-state index in [1.54, 1.807) is 12.2 Å². The number of para-hydroxylation sites is 2. The summed E-state index contributed by atoms with van der Waals surface area (Å²) in [5.74, 6) is 2.01. The molecule has 4 aromatic carbocycles. The summed E-state index contributed by atoms with van der Waals surface area (Å²) in [6.45, 7) is 8.41. The third kappa shape index (κ3) is 10.6. The topological polar surface area (TPSA) is 71.1 Å². The Labute approximate surface area is 325 Å². The Morgan fingerprint density at radius 1 is 0.538 bits per heavy atom. The summed E-state index contributed by atoms with van der Waals surface area (Å²) in [6.07, 6.45) is 3.42. The molecule has 4 aromatic rings. The molecule has 4 atom stereocenters. The standard InChI is InChI=1S/2C21H20Cl2O3/c2*1-21(2)17(12-18(22)23)19(21)20(24)25-13-14-7-6-10-16(11-14)26-15-8-4-3-5-9-15/h2*3-12,17,19H,13H2,1-2H3. The van der Waals surface area contributed by atoms with Crippen molar-refractivity contribution in [3.8, 4) is 23.0 Å². The van der Waals surface area contributed by atoms with Crippen LogP contribution in [0.5, 0.6) is 23.0 Å². The van der Waals surface area contributed by atoms with Crippen LogP contribution in [0.15, 0.2) is 130 Å². The fraction of sp³-hybridized carbons (Fsp3) is 0.286. The van der Waals surface area contributed by atoms with Gasteiger partial charge in [0.15, 0.2) is 0 Å². The first kappa shape index (κ1) is 39.3. The van der Waals surface area contributed by atoms with Crippen molar-refractivity contribution in [1.29, 1.82) is 0 Å². The summed E-state index contributed by atoms with van der Waals surface area (Å²) in [6, 6.07) is 34.1. The fourth-order valence-electron chi connectivity index (χ4n) is 6.28. The summed E-state index contributed by atoms with van der Waals surface area (Å²) in [5, 5.41) is 0. The van der Waals surface area contributed by atoms with Crippen molar-refractivity contribution < 1.29 is 28.5 Å². The Balaban J connectivity index is 0.000000201. The lowest BCUT2D eigenvalue weighted by molar-refractivity contribution is -0.148. The number of allylic oxidation sites excluding steroid dienone is 2. The van der Waals surface area contributed by atoms with Crippen molar-refractivity contribution in [2.45, 2.75) is 40.9 Å². The van der Waals surface area contributed by atoms with E-state index in [9.17, 15) is 9.59 Å². The van der Waals surface area contributed by atoms with Crippen LogP contribution in [0.4, 0.5) is 0 Å². The highest BCUT2D eigenvalue weighted by Gasteiger charge is 2.62. The second-order valence-corrected chi connectivity index (χ2v) is 15.9. The van der Waals surface area contributed by atoms with Crippen LogP contribution in [-0.2, 0) is 32.3 Å². The minimum Gasteiger partial charge on any atom is -0.461 e. The molecule has 2 aliphatic carbocycles. The highest BCUT2D eigenvalue weighted by Crippen LogP contribution is 2.61. The number of benzene rings is 4. The molecule has 2 aliphatic rings. The largest absolute Gasteiger partial charge is 0.461 e. The second-order valence-electron chi connectivity index (χ2n) is 13.9. The van der Waals surface area contributed by atoms with Crippen LogP contribution in [0, 0.1) is 34.5 Å². The predicted molar refractivity (Wildman–Crippen MR) is 207 cm³/mol. The van der Waals surface area contributed by atoms with Crippen LogP contribution >= 0.6 is 46.4 Å². The molecule has 0 saturated heterocycles. The summed E-state index contributed by atoms with van der Waals surface area (Å²) in [4.78, 5) is 24.8. The molecule has 0 bridgehead atoms. The Morgan fingerprint density at radius 2 is 0.885 bits per heavy atom. The molecule has 0 radical (unpaired) electrons. The molecule has 0 N–H and O–H groups in total. The van der Waals surface area contributed by atoms with Gasteiger partial charge in [-0.1, -0.05) is 135 Å². The number of carbonyl (C=O) groups excluding carboxylic acids is 2. The number of esters is 2. The van der Waals surface area contributed by atoms with Crippen molar-refractivity contribution in [2.75, 3.05) is 0 Å². The average Bonchev–Trinajstić information content (AvgIpc) is 3.87. The highest BCUT2D eigenvalue weighted by atomic mass is 35.5. The summed E-state index contributed by atoms with van der Waals surface area (Å²) < 4.78 is 23.0. The molecular weight excluding hydrogens is 742 g/mol. The Kier molecular flexibility index (Phi) is 13.0. The molecule has 10 heteroatoms. The van der Waals surface area contributed by atoms with Crippen LogP contribution in [0.1, 0.15) is 38.8 Å². The molecule has 0 aliphatic heterocycles. The van der Waals surface area contributed by atoms with Crippen LogP contribution in [-0.4, -0.2) is 11.9 Å². The zero-order valence-electron chi connectivity index (χ0n) is 29.2. The van der Waals surface area contributed by atoms with Crippen molar-refractivity contribution in [2.24, 2.45) is 34.5 Å². The minimum absolute atomic E-state index is 0.00717. The first-order valence-electron chi connectivity index (χ1n) is 16.8. The van der Waals surface area contributed by atoms with Crippen LogP contribution in [0.2, 0.25) is 0 Å². The molecule has 52 heavy (non-hydrogen) atoms. The zero-order chi connectivity index (χ0) is 37.5. The molecule has 2 saturated carbocycles. The van der Waals surface area contributed by atoms with Gasteiger partial charge in [-0.25, -0.2) is 0 Å². The lowest BCUT2D eigenvalue weighted by Crippen LogP contribution is -2.10. The number of hydrogen-bond donors (Lipinski definition) is 0. The number of hydrogen-bond acceptors (Lipinski definition) is 6. The van der Waals surface area contributed by atoms with Crippen molar-refractivity contribution in [1.82, 2.24) is 0 Å². The molecule has 0 heterocycles. The van der Waals surface area contributed by atoms with Crippen molar-refractivity contribution >= 4 is 58.3 Å². The maximum atomic E-state index is 12.4. The maximum Gasteiger partial charge on any atom is 0.310 e. The van der Waals surface area contributed by atoms with E-state index in [1.807, 2.05) is 137 Å². The lowest BCUT2D eigenvalue weighted by atomic mass is 10.1. The third-order valence-electron chi connectivity index (χ3n) is 9.46. The van der Waals surface area contributed by atoms with Gasteiger partial charge in [0.2, 0.25) is 0 Å². The normalized spacial score (nSPS) is 20.2. The number of carbonyl (C=O) groups is 2. The Hall–Kier alpha value is -3.94. The molecule has 6 nitrogen and oxygen atoms in total. The van der Waals surface area contributed by atoms with Crippen molar-refractivity contribution in [3.05, 3.63) is 141 Å². The van der Waals surface area contributed by atoms with E-state index in [4.69, 9.17) is 65.4 Å². The van der Waals surface area contributed by atoms with Crippen LogP contribution in [0.3, 0.4) is 0 Å². The SMILES string of the molecule is CC1(C)C(C=C(Cl)Cl)C1C(=O)OCc1cccc(Oc2ccccc2)c1.CC1(C)C(C=C(Cl)Cl)C1C(=O)OCc1cccc(Oc2ccccc2)c1. The number of ether oxygens (including phenoxy) is 4. The van der Waals surface area contributed by atoms with E-state index in [1.165, 1.54) is 0 Å². The maximum absolute atomic E-state index is 12.4. The fourth-order valence-corrected chi connectivity index (χ4v) is 6.83. The average molecular weight is 783 g/mol. The smallest absolute Gasteiger partial charge is 0.310 e. The van der Waals surface area contributed by atoms with Gasteiger partial charge >= 0.3 is 11.9 Å². The van der Waals surface area contributed by atoms with E-state index >= 15 is 0 Å². The number of rotatable bonds is 12. The Morgan fingerprint density at radius 3 is 1.23 bits per heavy atom. The molecule has 4 unspecified atom stereocenters. The quantitative estimate of drug-likeness (QED) is 0.133. The monoisotopic (exact) mass is 780 g/mol. The first-order chi connectivity index (χ1) is 24.8. The second kappa shape index (κ2) is 17.3. The van der Waals surface area contributed by atoms with Gasteiger partial charge < -0.3 is 18.9 Å². The van der Waals surface area contributed by atoms with Gasteiger partial charge in [0, 0.05) is 0 Å². The van der Waals surface area contributed by atoms with Gasteiger partial charge in [-0.2, -0.15) is 0 Å². The van der Waals surface area contributed by atoms with Crippen molar-refractivity contribution in [3.63, 3.8) is 0 Å². The molecule has 0 amide bonds. The zero-order valence-corrected chi connectivity index (χ0v) is 32.3.